The Bertz CT molecular complexity index is 1170. The van der Waals surface area contributed by atoms with E-state index in [1.807, 2.05) is 36.4 Å². The van der Waals surface area contributed by atoms with Gasteiger partial charge < -0.3 is 14.4 Å². The zero-order chi connectivity index (χ0) is 23.9. The molecule has 1 aliphatic rings. The third-order valence-electron chi connectivity index (χ3n) is 5.88. The first kappa shape index (κ1) is 23.5. The van der Waals surface area contributed by atoms with Crippen molar-refractivity contribution < 1.29 is 23.0 Å². The normalized spacial score (nSPS) is 13.8. The van der Waals surface area contributed by atoms with Crippen LogP contribution in [0.4, 0.5) is 14.5 Å². The Morgan fingerprint density at radius 2 is 1.68 bits per heavy atom. The van der Waals surface area contributed by atoms with Gasteiger partial charge in [0.05, 0.1) is 7.11 Å². The topological polar surface area (TPSA) is 38.8 Å². The first-order valence-electron chi connectivity index (χ1n) is 11.4. The Morgan fingerprint density at radius 1 is 0.941 bits per heavy atom. The number of carbonyl (C=O) groups excluding carboxylic acids is 1. The van der Waals surface area contributed by atoms with Gasteiger partial charge in [-0.2, -0.15) is 0 Å². The molecule has 1 fully saturated rings. The smallest absolute Gasteiger partial charge is 0.185 e. The minimum Gasteiger partial charge on any atom is -0.496 e. The maximum atomic E-state index is 13.9. The van der Waals surface area contributed by atoms with Crippen molar-refractivity contribution >= 4 is 17.5 Å². The monoisotopic (exact) mass is 463 g/mol. The lowest BCUT2D eigenvalue weighted by molar-refractivity contribution is 0.104. The quantitative estimate of drug-likeness (QED) is 0.285. The molecule has 0 saturated carbocycles. The minimum atomic E-state index is -0.771. The Kier molecular flexibility index (Phi) is 7.58. The summed E-state index contributed by atoms with van der Waals surface area (Å²) in [6.45, 7) is 2.15. The molecule has 4 nitrogen and oxygen atoms in total. The number of nitrogens with zero attached hydrogens (tertiary/aromatic N) is 1. The number of hydrogen-bond acceptors (Lipinski definition) is 4. The molecule has 176 valence electrons. The molecule has 0 radical (unpaired) electrons. The molecule has 0 unspecified atom stereocenters. The van der Waals surface area contributed by atoms with Crippen LogP contribution in [0.2, 0.25) is 0 Å². The number of halogens is 2. The van der Waals surface area contributed by atoms with Gasteiger partial charge >= 0.3 is 0 Å². The van der Waals surface area contributed by atoms with Gasteiger partial charge in [-0.25, -0.2) is 8.78 Å². The van der Waals surface area contributed by atoms with Crippen LogP contribution in [-0.4, -0.2) is 26.0 Å². The summed E-state index contributed by atoms with van der Waals surface area (Å²) in [7, 11) is 1.53. The summed E-state index contributed by atoms with van der Waals surface area (Å²) in [4.78, 5) is 15.0. The van der Waals surface area contributed by atoms with Crippen LogP contribution >= 0.6 is 0 Å². The van der Waals surface area contributed by atoms with Gasteiger partial charge in [0, 0.05) is 36.0 Å². The average molecular weight is 464 g/mol. The van der Waals surface area contributed by atoms with E-state index in [0.29, 0.717) is 16.9 Å². The number of hydrogen-bond donors (Lipinski definition) is 0. The van der Waals surface area contributed by atoms with Crippen molar-refractivity contribution in [2.24, 2.45) is 0 Å². The lowest BCUT2D eigenvalue weighted by atomic mass is 10.1. The van der Waals surface area contributed by atoms with E-state index < -0.39 is 11.6 Å². The van der Waals surface area contributed by atoms with Gasteiger partial charge in [0.15, 0.2) is 17.3 Å². The third-order valence-corrected chi connectivity index (χ3v) is 5.88. The molecule has 1 heterocycles. The van der Waals surface area contributed by atoms with Crippen LogP contribution in [0.25, 0.3) is 6.08 Å². The summed E-state index contributed by atoms with van der Waals surface area (Å²) in [6, 6.07) is 16.3. The molecule has 0 amide bonds. The number of piperidine rings is 1. The SMILES string of the molecule is COc1ccc(/C=C/C(=O)c2ccc(N3CCCCC3)cc2)cc1COc1ccc(F)cc1F. The highest BCUT2D eigenvalue weighted by Gasteiger charge is 2.12. The molecule has 3 aromatic carbocycles. The van der Waals surface area contributed by atoms with Crippen molar-refractivity contribution in [1.29, 1.82) is 0 Å². The Morgan fingerprint density at radius 3 is 2.38 bits per heavy atom. The second-order valence-electron chi connectivity index (χ2n) is 8.23. The Hall–Kier alpha value is -3.67. The lowest BCUT2D eigenvalue weighted by Gasteiger charge is -2.28. The van der Waals surface area contributed by atoms with E-state index >= 15 is 0 Å². The van der Waals surface area contributed by atoms with Crippen molar-refractivity contribution in [2.75, 3.05) is 25.1 Å². The van der Waals surface area contributed by atoms with E-state index in [1.54, 1.807) is 12.1 Å². The zero-order valence-corrected chi connectivity index (χ0v) is 19.1. The molecule has 4 rings (SSSR count). The summed E-state index contributed by atoms with van der Waals surface area (Å²) in [5.41, 5.74) is 3.22. The average Bonchev–Trinajstić information content (AvgIpc) is 2.87. The van der Waals surface area contributed by atoms with Crippen molar-refractivity contribution in [3.63, 3.8) is 0 Å². The van der Waals surface area contributed by atoms with Gasteiger partial charge in [-0.05, 0) is 79.4 Å². The first-order valence-corrected chi connectivity index (χ1v) is 11.4. The largest absolute Gasteiger partial charge is 0.496 e. The van der Waals surface area contributed by atoms with Gasteiger partial charge in [-0.1, -0.05) is 12.1 Å². The predicted molar refractivity (Wildman–Crippen MR) is 130 cm³/mol. The van der Waals surface area contributed by atoms with Gasteiger partial charge in [0.25, 0.3) is 0 Å². The number of allylic oxidation sites excluding steroid dienone is 1. The van der Waals surface area contributed by atoms with Crippen LogP contribution in [0.1, 0.15) is 40.7 Å². The molecule has 1 aliphatic heterocycles. The number of carbonyl (C=O) groups is 1. The minimum absolute atomic E-state index is 0.0271. The highest BCUT2D eigenvalue weighted by Crippen LogP contribution is 2.25. The summed E-state index contributed by atoms with van der Waals surface area (Å²) in [5, 5.41) is 0. The summed E-state index contributed by atoms with van der Waals surface area (Å²) >= 11 is 0. The lowest BCUT2D eigenvalue weighted by Crippen LogP contribution is -2.29. The number of rotatable bonds is 8. The molecule has 0 atom stereocenters. The van der Waals surface area contributed by atoms with Crippen LogP contribution in [0.15, 0.2) is 66.7 Å². The van der Waals surface area contributed by atoms with E-state index in [2.05, 4.69) is 4.90 Å². The van der Waals surface area contributed by atoms with Crippen molar-refractivity contribution in [3.8, 4) is 11.5 Å². The predicted octanol–water partition coefficient (Wildman–Crippen LogP) is 6.44. The first-order chi connectivity index (χ1) is 16.5. The molecular formula is C28H27F2NO3. The fourth-order valence-electron chi connectivity index (χ4n) is 4.02. The van der Waals surface area contributed by atoms with E-state index in [-0.39, 0.29) is 18.1 Å². The molecule has 0 aromatic heterocycles. The molecular weight excluding hydrogens is 436 g/mol. The molecule has 34 heavy (non-hydrogen) atoms. The van der Waals surface area contributed by atoms with Crippen molar-refractivity contribution in [2.45, 2.75) is 25.9 Å². The summed E-state index contributed by atoms with van der Waals surface area (Å²) < 4.78 is 37.9. The summed E-state index contributed by atoms with van der Waals surface area (Å²) in [5.74, 6) is -1.01. The Labute approximate surface area is 198 Å². The van der Waals surface area contributed by atoms with E-state index in [0.717, 1.165) is 36.5 Å². The van der Waals surface area contributed by atoms with Crippen molar-refractivity contribution in [3.05, 3.63) is 95.1 Å². The Balaban J connectivity index is 1.43. The standard InChI is InChI=1S/C28H27F2NO3/c1-33-27-13-6-20(17-22(27)19-34-28-14-9-23(29)18-25(28)30)5-12-26(32)21-7-10-24(11-8-21)31-15-3-2-4-16-31/h5-14,17-18H,2-4,15-16,19H2,1H3/b12-5+. The highest BCUT2D eigenvalue weighted by atomic mass is 19.1. The van der Waals surface area contributed by atoms with E-state index in [4.69, 9.17) is 9.47 Å². The van der Waals surface area contributed by atoms with Gasteiger partial charge in [-0.15, -0.1) is 0 Å². The second kappa shape index (κ2) is 11.0. The van der Waals surface area contributed by atoms with Crippen LogP contribution in [0.3, 0.4) is 0 Å². The number of anilines is 1. The molecule has 0 N–H and O–H groups in total. The van der Waals surface area contributed by atoms with E-state index in [9.17, 15) is 13.6 Å². The highest BCUT2D eigenvalue weighted by molar-refractivity contribution is 6.07. The second-order valence-corrected chi connectivity index (χ2v) is 8.23. The van der Waals surface area contributed by atoms with Gasteiger partial charge in [-0.3, -0.25) is 4.79 Å². The number of ketones is 1. The van der Waals surface area contributed by atoms with Gasteiger partial charge in [0.2, 0.25) is 0 Å². The third kappa shape index (κ3) is 5.81. The molecule has 0 spiro atoms. The fraction of sp³-hybridized carbons (Fsp3) is 0.250. The van der Waals surface area contributed by atoms with Crippen LogP contribution in [0, 0.1) is 11.6 Å². The fourth-order valence-corrected chi connectivity index (χ4v) is 4.02. The number of methoxy groups -OCH3 is 1. The number of benzene rings is 3. The zero-order valence-electron chi connectivity index (χ0n) is 19.1. The molecule has 6 heteroatoms. The van der Waals surface area contributed by atoms with Crippen LogP contribution in [0.5, 0.6) is 11.5 Å². The molecule has 3 aromatic rings. The van der Waals surface area contributed by atoms with Gasteiger partial charge in [0.1, 0.15) is 18.2 Å². The van der Waals surface area contributed by atoms with E-state index in [1.165, 1.54) is 38.5 Å². The number of ether oxygens (including phenoxy) is 2. The molecule has 1 saturated heterocycles. The van der Waals surface area contributed by atoms with Crippen molar-refractivity contribution in [1.82, 2.24) is 0 Å². The molecule has 0 bridgehead atoms. The molecule has 0 aliphatic carbocycles. The van der Waals surface area contributed by atoms with Crippen LogP contribution < -0.4 is 14.4 Å². The maximum absolute atomic E-state index is 13.9. The maximum Gasteiger partial charge on any atom is 0.185 e. The van der Waals surface area contributed by atoms with Crippen LogP contribution in [-0.2, 0) is 6.61 Å². The summed E-state index contributed by atoms with van der Waals surface area (Å²) in [6.07, 6.45) is 6.94.